The summed E-state index contributed by atoms with van der Waals surface area (Å²) >= 11 is 0. The quantitative estimate of drug-likeness (QED) is 0.789. The molecule has 0 saturated carbocycles. The summed E-state index contributed by atoms with van der Waals surface area (Å²) in [5, 5.41) is 8.86. The van der Waals surface area contributed by atoms with Gasteiger partial charge < -0.3 is 9.30 Å². The number of nitriles is 1. The summed E-state index contributed by atoms with van der Waals surface area (Å²) in [6.45, 7) is 1.78. The number of nitrogens with zero attached hydrogens (tertiary/aromatic N) is 2. The van der Waals surface area contributed by atoms with E-state index in [2.05, 4.69) is 0 Å². The molecule has 22 heavy (non-hydrogen) atoms. The van der Waals surface area contributed by atoms with Gasteiger partial charge in [0.1, 0.15) is 18.2 Å². The molecule has 5 heteroatoms. The molecule has 0 spiro atoms. The molecule has 0 aliphatic rings. The Morgan fingerprint density at radius 2 is 1.95 bits per heavy atom. The average Bonchev–Trinajstić information content (AvgIpc) is 2.52. The SMILES string of the molecule is Cc1ccc(C#N)c(=O)n1CC(=O)OCCc1ccccc1. The summed E-state index contributed by atoms with van der Waals surface area (Å²) in [5.41, 5.74) is 1.24. The first-order chi connectivity index (χ1) is 10.6. The summed E-state index contributed by atoms with van der Waals surface area (Å²) in [5.74, 6) is -0.490. The van der Waals surface area contributed by atoms with E-state index in [1.54, 1.807) is 13.0 Å². The lowest BCUT2D eigenvalue weighted by molar-refractivity contribution is -0.144. The van der Waals surface area contributed by atoms with Crippen molar-refractivity contribution in [2.45, 2.75) is 19.9 Å². The molecule has 1 aromatic heterocycles. The smallest absolute Gasteiger partial charge is 0.326 e. The van der Waals surface area contributed by atoms with Crippen molar-refractivity contribution < 1.29 is 9.53 Å². The van der Waals surface area contributed by atoms with Crippen LogP contribution < -0.4 is 5.56 Å². The lowest BCUT2D eigenvalue weighted by atomic mass is 10.2. The van der Waals surface area contributed by atoms with E-state index in [9.17, 15) is 9.59 Å². The molecule has 0 radical (unpaired) electrons. The first-order valence-electron chi connectivity index (χ1n) is 6.92. The average molecular weight is 296 g/mol. The van der Waals surface area contributed by atoms with Crippen molar-refractivity contribution in [3.63, 3.8) is 0 Å². The molecule has 112 valence electrons. The highest BCUT2D eigenvalue weighted by molar-refractivity contribution is 5.69. The summed E-state index contributed by atoms with van der Waals surface area (Å²) < 4.78 is 6.41. The fourth-order valence-corrected chi connectivity index (χ4v) is 2.05. The number of rotatable bonds is 5. The Morgan fingerprint density at radius 1 is 1.23 bits per heavy atom. The van der Waals surface area contributed by atoms with Gasteiger partial charge in [-0.1, -0.05) is 30.3 Å². The lowest BCUT2D eigenvalue weighted by Crippen LogP contribution is -2.28. The minimum atomic E-state index is -0.490. The highest BCUT2D eigenvalue weighted by atomic mass is 16.5. The predicted octanol–water partition coefficient (Wildman–Crippen LogP) is 1.81. The number of carbonyl (C=O) groups is 1. The number of ether oxygens (including phenoxy) is 1. The number of esters is 1. The zero-order valence-electron chi connectivity index (χ0n) is 12.3. The summed E-state index contributed by atoms with van der Waals surface area (Å²) in [7, 11) is 0. The Bertz CT molecular complexity index is 758. The third-order valence-corrected chi connectivity index (χ3v) is 3.30. The van der Waals surface area contributed by atoms with Gasteiger partial charge >= 0.3 is 5.97 Å². The molecule has 0 fully saturated rings. The van der Waals surface area contributed by atoms with Gasteiger partial charge in [0.25, 0.3) is 5.56 Å². The van der Waals surface area contributed by atoms with Crippen molar-refractivity contribution in [2.75, 3.05) is 6.61 Å². The second-order valence-electron chi connectivity index (χ2n) is 4.85. The molecule has 5 nitrogen and oxygen atoms in total. The summed E-state index contributed by atoms with van der Waals surface area (Å²) in [6.07, 6.45) is 0.624. The lowest BCUT2D eigenvalue weighted by Gasteiger charge is -2.10. The highest BCUT2D eigenvalue weighted by Crippen LogP contribution is 2.01. The van der Waals surface area contributed by atoms with E-state index in [1.807, 2.05) is 36.4 Å². The monoisotopic (exact) mass is 296 g/mol. The van der Waals surface area contributed by atoms with Gasteiger partial charge in [0.2, 0.25) is 0 Å². The van der Waals surface area contributed by atoms with Gasteiger partial charge in [0.15, 0.2) is 0 Å². The van der Waals surface area contributed by atoms with Gasteiger partial charge in [0.05, 0.1) is 6.61 Å². The van der Waals surface area contributed by atoms with E-state index in [-0.39, 0.29) is 18.7 Å². The maximum Gasteiger partial charge on any atom is 0.326 e. The van der Waals surface area contributed by atoms with E-state index >= 15 is 0 Å². The van der Waals surface area contributed by atoms with Crippen LogP contribution in [0.4, 0.5) is 0 Å². The number of hydrogen-bond acceptors (Lipinski definition) is 4. The van der Waals surface area contributed by atoms with Crippen LogP contribution >= 0.6 is 0 Å². The second kappa shape index (κ2) is 7.23. The molecule has 2 rings (SSSR count). The molecule has 0 N–H and O–H groups in total. The van der Waals surface area contributed by atoms with Crippen LogP contribution in [0.3, 0.4) is 0 Å². The van der Waals surface area contributed by atoms with Crippen LogP contribution in [0, 0.1) is 18.3 Å². The number of pyridine rings is 1. The largest absolute Gasteiger partial charge is 0.464 e. The van der Waals surface area contributed by atoms with Crippen LogP contribution in [0.5, 0.6) is 0 Å². The maximum atomic E-state index is 12.0. The standard InChI is InChI=1S/C17H16N2O3/c1-13-7-8-15(11-18)17(21)19(13)12-16(20)22-10-9-14-5-3-2-4-6-14/h2-8H,9-10,12H2,1H3. The molecular formula is C17H16N2O3. The van der Waals surface area contributed by atoms with E-state index in [0.717, 1.165) is 5.56 Å². The highest BCUT2D eigenvalue weighted by Gasteiger charge is 2.11. The van der Waals surface area contributed by atoms with Crippen molar-refractivity contribution in [3.8, 4) is 6.07 Å². The molecule has 0 bridgehead atoms. The Balaban J connectivity index is 1.96. The fourth-order valence-electron chi connectivity index (χ4n) is 2.05. The molecule has 0 saturated heterocycles. The van der Waals surface area contributed by atoms with Gasteiger partial charge in [0, 0.05) is 12.1 Å². The minimum absolute atomic E-state index is 0.0164. The Kier molecular flexibility index (Phi) is 5.10. The van der Waals surface area contributed by atoms with Crippen LogP contribution in [0.25, 0.3) is 0 Å². The van der Waals surface area contributed by atoms with Crippen molar-refractivity contribution in [1.82, 2.24) is 4.57 Å². The maximum absolute atomic E-state index is 12.0. The van der Waals surface area contributed by atoms with Gasteiger partial charge in [-0.3, -0.25) is 9.59 Å². The zero-order valence-corrected chi connectivity index (χ0v) is 12.3. The molecule has 1 aromatic carbocycles. The molecular weight excluding hydrogens is 280 g/mol. The number of benzene rings is 1. The number of aryl methyl sites for hydroxylation is 1. The van der Waals surface area contributed by atoms with Crippen molar-refractivity contribution in [2.24, 2.45) is 0 Å². The van der Waals surface area contributed by atoms with Gasteiger partial charge in [-0.25, -0.2) is 0 Å². The fraction of sp³-hybridized carbons (Fsp3) is 0.235. The van der Waals surface area contributed by atoms with Crippen LogP contribution in [0.2, 0.25) is 0 Å². The van der Waals surface area contributed by atoms with Gasteiger partial charge in [-0.2, -0.15) is 5.26 Å². The third kappa shape index (κ3) is 3.83. The van der Waals surface area contributed by atoms with Gasteiger partial charge in [-0.05, 0) is 24.6 Å². The van der Waals surface area contributed by atoms with E-state index in [0.29, 0.717) is 12.1 Å². The van der Waals surface area contributed by atoms with Crippen LogP contribution in [-0.2, 0) is 22.5 Å². The molecule has 0 aliphatic heterocycles. The normalized spacial score (nSPS) is 10.0. The van der Waals surface area contributed by atoms with Gasteiger partial charge in [-0.15, -0.1) is 0 Å². The molecule has 0 aliphatic carbocycles. The first kappa shape index (κ1) is 15.5. The summed E-state index contributed by atoms with van der Waals surface area (Å²) in [6, 6.07) is 14.6. The zero-order chi connectivity index (χ0) is 15.9. The van der Waals surface area contributed by atoms with E-state index in [4.69, 9.17) is 10.00 Å². The predicted molar refractivity (Wildman–Crippen MR) is 81.3 cm³/mol. The molecule has 0 unspecified atom stereocenters. The Hall–Kier alpha value is -2.87. The first-order valence-corrected chi connectivity index (χ1v) is 6.92. The molecule has 1 heterocycles. The van der Waals surface area contributed by atoms with E-state index in [1.165, 1.54) is 10.6 Å². The van der Waals surface area contributed by atoms with Crippen LogP contribution in [0.1, 0.15) is 16.8 Å². The van der Waals surface area contributed by atoms with E-state index < -0.39 is 11.5 Å². The molecule has 0 amide bonds. The number of hydrogen-bond donors (Lipinski definition) is 0. The Morgan fingerprint density at radius 3 is 2.64 bits per heavy atom. The van der Waals surface area contributed by atoms with Crippen molar-refractivity contribution in [1.29, 1.82) is 5.26 Å². The van der Waals surface area contributed by atoms with Crippen molar-refractivity contribution in [3.05, 3.63) is 69.6 Å². The minimum Gasteiger partial charge on any atom is -0.464 e. The molecule has 2 aromatic rings. The van der Waals surface area contributed by atoms with Crippen molar-refractivity contribution >= 4 is 5.97 Å². The number of aromatic nitrogens is 1. The Labute approximate surface area is 128 Å². The summed E-state index contributed by atoms with van der Waals surface area (Å²) in [4.78, 5) is 23.8. The van der Waals surface area contributed by atoms with Crippen LogP contribution in [0.15, 0.2) is 47.3 Å². The third-order valence-electron chi connectivity index (χ3n) is 3.30. The second-order valence-corrected chi connectivity index (χ2v) is 4.85. The molecule has 0 atom stereocenters. The number of carbonyl (C=O) groups excluding carboxylic acids is 1. The van der Waals surface area contributed by atoms with Crippen LogP contribution in [-0.4, -0.2) is 17.1 Å². The topological polar surface area (TPSA) is 72.1 Å².